The molecule has 82 valence electrons. The van der Waals surface area contributed by atoms with Crippen LogP contribution in [0.15, 0.2) is 0 Å². The molecule has 1 N–H and O–H groups in total. The molecule has 0 aromatic carbocycles. The van der Waals surface area contributed by atoms with E-state index in [2.05, 4.69) is 11.7 Å². The Bertz CT molecular complexity index is 206. The van der Waals surface area contributed by atoms with Crippen LogP contribution in [-0.2, 0) is 4.74 Å². The Morgan fingerprint density at radius 3 is 2.43 bits per heavy atom. The number of rotatable bonds is 3. The van der Waals surface area contributed by atoms with E-state index in [0.29, 0.717) is 0 Å². The molecule has 0 spiro atoms. The molecule has 5 nitrogen and oxygen atoms in total. The Morgan fingerprint density at radius 1 is 1.43 bits per heavy atom. The molecule has 14 heavy (non-hydrogen) atoms. The number of carbonyl (C=O) groups is 1. The van der Waals surface area contributed by atoms with Crippen molar-refractivity contribution < 1.29 is 9.53 Å². The smallest absolute Gasteiger partial charge is 0.416 e. The molecule has 0 heterocycles. The fourth-order valence-corrected chi connectivity index (χ4v) is 0.981. The van der Waals surface area contributed by atoms with Crippen molar-refractivity contribution in [2.45, 2.75) is 19.8 Å². The molecule has 0 aromatic rings. The molecule has 0 rings (SSSR count). The first-order valence-electron chi connectivity index (χ1n) is 4.66. The van der Waals surface area contributed by atoms with Crippen molar-refractivity contribution in [2.75, 3.05) is 27.7 Å². The summed E-state index contributed by atoms with van der Waals surface area (Å²) in [6, 6.07) is 0. The van der Waals surface area contributed by atoms with Crippen LogP contribution in [0.3, 0.4) is 0 Å². The molecule has 0 aliphatic heterocycles. The van der Waals surface area contributed by atoms with Gasteiger partial charge in [0.1, 0.15) is 0 Å². The van der Waals surface area contributed by atoms with Gasteiger partial charge in [0.15, 0.2) is 0 Å². The highest BCUT2D eigenvalue weighted by Gasteiger charge is 2.16. The third-order valence-electron chi connectivity index (χ3n) is 1.97. The number of guanidine groups is 1. The minimum atomic E-state index is -0.515. The van der Waals surface area contributed by atoms with E-state index in [9.17, 15) is 4.79 Å². The second-order valence-electron chi connectivity index (χ2n) is 3.13. The molecule has 1 amide bonds. The van der Waals surface area contributed by atoms with Gasteiger partial charge >= 0.3 is 6.09 Å². The van der Waals surface area contributed by atoms with Gasteiger partial charge in [-0.1, -0.05) is 13.3 Å². The molecule has 0 aliphatic carbocycles. The van der Waals surface area contributed by atoms with Gasteiger partial charge in [-0.15, -0.1) is 0 Å². The predicted molar refractivity (Wildman–Crippen MR) is 55.4 cm³/mol. The lowest BCUT2D eigenvalue weighted by atomic mass is 10.3. The highest BCUT2D eigenvalue weighted by molar-refractivity contribution is 5.91. The number of methoxy groups -OCH3 is 1. The molecule has 0 bridgehead atoms. The summed E-state index contributed by atoms with van der Waals surface area (Å²) in [4.78, 5) is 14.0. The van der Waals surface area contributed by atoms with Crippen molar-refractivity contribution in [2.24, 2.45) is 0 Å². The monoisotopic (exact) mass is 201 g/mol. The molecule has 0 atom stereocenters. The highest BCUT2D eigenvalue weighted by Crippen LogP contribution is 1.97. The van der Waals surface area contributed by atoms with E-state index in [0.717, 1.165) is 19.4 Å². The lowest BCUT2D eigenvalue weighted by Crippen LogP contribution is -2.43. The van der Waals surface area contributed by atoms with E-state index < -0.39 is 6.09 Å². The van der Waals surface area contributed by atoms with Crippen molar-refractivity contribution in [3.8, 4) is 0 Å². The van der Waals surface area contributed by atoms with E-state index in [1.165, 1.54) is 19.1 Å². The molecular weight excluding hydrogens is 182 g/mol. The molecule has 0 aliphatic rings. The Balaban J connectivity index is 4.10. The summed E-state index contributed by atoms with van der Waals surface area (Å²) < 4.78 is 4.51. The van der Waals surface area contributed by atoms with Gasteiger partial charge in [0, 0.05) is 20.6 Å². The molecule has 0 unspecified atom stereocenters. The minimum Gasteiger partial charge on any atom is -0.452 e. The summed E-state index contributed by atoms with van der Waals surface area (Å²) in [6.45, 7) is 2.86. The van der Waals surface area contributed by atoms with Crippen molar-refractivity contribution in [1.29, 1.82) is 5.41 Å². The Morgan fingerprint density at radius 2 is 2.00 bits per heavy atom. The zero-order valence-corrected chi connectivity index (χ0v) is 9.33. The van der Waals surface area contributed by atoms with Crippen molar-refractivity contribution in [3.63, 3.8) is 0 Å². The largest absolute Gasteiger partial charge is 0.452 e. The average Bonchev–Trinajstić information content (AvgIpc) is 2.22. The van der Waals surface area contributed by atoms with Crippen LogP contribution in [0.5, 0.6) is 0 Å². The summed E-state index contributed by atoms with van der Waals surface area (Å²) >= 11 is 0. The number of amides is 1. The van der Waals surface area contributed by atoms with Gasteiger partial charge < -0.3 is 9.64 Å². The van der Waals surface area contributed by atoms with Crippen molar-refractivity contribution in [3.05, 3.63) is 0 Å². The Kier molecular flexibility index (Phi) is 5.67. The van der Waals surface area contributed by atoms with Crippen molar-refractivity contribution in [1.82, 2.24) is 9.80 Å². The number of unbranched alkanes of at least 4 members (excludes halogenated alkanes) is 1. The first-order chi connectivity index (χ1) is 6.54. The van der Waals surface area contributed by atoms with Crippen LogP contribution < -0.4 is 0 Å². The summed E-state index contributed by atoms with van der Waals surface area (Å²) in [7, 11) is 4.62. The van der Waals surface area contributed by atoms with Crippen LogP contribution in [0.2, 0.25) is 0 Å². The molecule has 0 saturated carbocycles. The van der Waals surface area contributed by atoms with Gasteiger partial charge in [-0.25, -0.2) is 4.79 Å². The van der Waals surface area contributed by atoms with E-state index in [1.54, 1.807) is 11.9 Å². The minimum absolute atomic E-state index is 0.158. The van der Waals surface area contributed by atoms with Crippen LogP contribution >= 0.6 is 0 Å². The van der Waals surface area contributed by atoms with Gasteiger partial charge in [-0.2, -0.15) is 0 Å². The number of nitrogens with one attached hydrogen (secondary N) is 1. The third kappa shape index (κ3) is 3.64. The number of carbonyl (C=O) groups excluding carboxylic acids is 1. The molecule has 0 fully saturated rings. The van der Waals surface area contributed by atoms with Gasteiger partial charge in [0.25, 0.3) is 0 Å². The van der Waals surface area contributed by atoms with E-state index in [-0.39, 0.29) is 5.96 Å². The fourth-order valence-electron chi connectivity index (χ4n) is 0.981. The van der Waals surface area contributed by atoms with Crippen LogP contribution in [0.4, 0.5) is 4.79 Å². The summed E-state index contributed by atoms with van der Waals surface area (Å²) in [5.41, 5.74) is 0. The topological polar surface area (TPSA) is 56.6 Å². The summed E-state index contributed by atoms with van der Waals surface area (Å²) in [6.07, 6.45) is 1.56. The quantitative estimate of drug-likeness (QED) is 0.554. The van der Waals surface area contributed by atoms with Crippen LogP contribution in [-0.4, -0.2) is 49.6 Å². The lowest BCUT2D eigenvalue weighted by molar-refractivity contribution is 0.148. The maximum Gasteiger partial charge on any atom is 0.416 e. The first-order valence-corrected chi connectivity index (χ1v) is 4.66. The van der Waals surface area contributed by atoms with Crippen LogP contribution in [0.1, 0.15) is 19.8 Å². The number of hydrogen-bond acceptors (Lipinski definition) is 3. The number of ether oxygens (including phenoxy) is 1. The van der Waals surface area contributed by atoms with Crippen LogP contribution in [0, 0.1) is 5.41 Å². The third-order valence-corrected chi connectivity index (χ3v) is 1.97. The molecular formula is C9H19N3O2. The number of hydrogen-bond donors (Lipinski definition) is 1. The second-order valence-corrected chi connectivity index (χ2v) is 3.13. The maximum atomic E-state index is 11.1. The predicted octanol–water partition coefficient (Wildman–Crippen LogP) is 1.35. The van der Waals surface area contributed by atoms with Gasteiger partial charge in [-0.05, 0) is 6.42 Å². The molecule has 0 aromatic heterocycles. The van der Waals surface area contributed by atoms with Crippen molar-refractivity contribution >= 4 is 12.1 Å². The Labute approximate surface area is 85.1 Å². The zero-order chi connectivity index (χ0) is 11.1. The van der Waals surface area contributed by atoms with E-state index in [4.69, 9.17) is 5.41 Å². The maximum absolute atomic E-state index is 11.1. The highest BCUT2D eigenvalue weighted by atomic mass is 16.5. The van der Waals surface area contributed by atoms with Gasteiger partial charge in [0.05, 0.1) is 7.11 Å². The number of nitrogens with zero attached hydrogens (tertiary/aromatic N) is 2. The second kappa shape index (κ2) is 6.23. The average molecular weight is 201 g/mol. The molecule has 5 heteroatoms. The van der Waals surface area contributed by atoms with E-state index >= 15 is 0 Å². The van der Waals surface area contributed by atoms with E-state index in [1.807, 2.05) is 0 Å². The fraction of sp³-hybridized carbons (Fsp3) is 0.778. The molecule has 0 saturated heterocycles. The Hall–Kier alpha value is -1.26. The summed E-state index contributed by atoms with van der Waals surface area (Å²) in [5, 5.41) is 7.66. The zero-order valence-electron chi connectivity index (χ0n) is 9.33. The van der Waals surface area contributed by atoms with Gasteiger partial charge in [0.2, 0.25) is 5.96 Å². The standard InChI is InChI=1S/C9H19N3O2/c1-5-6-7-11(2)8(10)12(3)9(13)14-4/h10H,5-7H2,1-4H3. The van der Waals surface area contributed by atoms with Crippen LogP contribution in [0.25, 0.3) is 0 Å². The summed E-state index contributed by atoms with van der Waals surface area (Å²) in [5.74, 6) is 0.158. The van der Waals surface area contributed by atoms with Gasteiger partial charge in [-0.3, -0.25) is 10.3 Å². The first kappa shape index (κ1) is 12.7. The molecule has 0 radical (unpaired) electrons. The lowest BCUT2D eigenvalue weighted by Gasteiger charge is -2.25. The normalized spacial score (nSPS) is 9.43. The SMILES string of the molecule is CCCCN(C)C(=N)N(C)C(=O)OC.